The van der Waals surface area contributed by atoms with Crippen molar-refractivity contribution in [1.82, 2.24) is 0 Å². The molecule has 0 N–H and O–H groups in total. The summed E-state index contributed by atoms with van der Waals surface area (Å²) in [5, 5.41) is 0. The zero-order valence-electron chi connectivity index (χ0n) is 7.12. The fourth-order valence-electron chi connectivity index (χ4n) is 1.69. The van der Waals surface area contributed by atoms with E-state index in [4.69, 9.17) is 0 Å². The number of allylic oxidation sites excluding steroid dienone is 1. The molecule has 1 aliphatic carbocycles. The number of halogens is 3. The minimum Gasteiger partial charge on any atom is -0.171 e. The minimum absolute atomic E-state index is 0.192. The van der Waals surface area contributed by atoms with Crippen LogP contribution in [0.25, 0.3) is 0 Å². The lowest BCUT2D eigenvalue weighted by Gasteiger charge is -2.38. The van der Waals surface area contributed by atoms with E-state index in [1.165, 1.54) is 0 Å². The molecule has 0 aromatic rings. The van der Waals surface area contributed by atoms with Crippen molar-refractivity contribution in [2.24, 2.45) is 11.8 Å². The highest BCUT2D eigenvalue weighted by molar-refractivity contribution is 4.97. The van der Waals surface area contributed by atoms with E-state index in [0.717, 1.165) is 5.57 Å². The average molecular weight is 178 g/mol. The van der Waals surface area contributed by atoms with Crippen molar-refractivity contribution >= 4 is 0 Å². The van der Waals surface area contributed by atoms with E-state index in [1.807, 2.05) is 0 Å². The molecule has 0 aromatic carbocycles. The molecule has 0 spiro atoms. The summed E-state index contributed by atoms with van der Waals surface area (Å²) in [6, 6.07) is 0. The summed E-state index contributed by atoms with van der Waals surface area (Å²) in [5.74, 6) is -1.25. The zero-order chi connectivity index (χ0) is 9.35. The van der Waals surface area contributed by atoms with Gasteiger partial charge in [0.2, 0.25) is 0 Å². The van der Waals surface area contributed by atoms with Crippen LogP contribution in [-0.4, -0.2) is 6.18 Å². The summed E-state index contributed by atoms with van der Waals surface area (Å²) < 4.78 is 36.5. The molecule has 0 amide bonds. The second-order valence-electron chi connectivity index (χ2n) is 3.65. The van der Waals surface area contributed by atoms with Crippen LogP contribution in [0.3, 0.4) is 0 Å². The normalized spacial score (nSPS) is 29.7. The fraction of sp³-hybridized carbons (Fsp3) is 0.778. The van der Waals surface area contributed by atoms with Gasteiger partial charge in [0.05, 0.1) is 5.92 Å². The number of hydrogen-bond donors (Lipinski definition) is 0. The van der Waals surface area contributed by atoms with Crippen LogP contribution in [0.4, 0.5) is 13.2 Å². The maximum Gasteiger partial charge on any atom is 0.392 e. The van der Waals surface area contributed by atoms with Crippen LogP contribution in [0.2, 0.25) is 0 Å². The third-order valence-electron chi connectivity index (χ3n) is 2.45. The number of hydrogen-bond acceptors (Lipinski definition) is 0. The van der Waals surface area contributed by atoms with E-state index < -0.39 is 12.1 Å². The van der Waals surface area contributed by atoms with Gasteiger partial charge in [0.15, 0.2) is 0 Å². The van der Waals surface area contributed by atoms with Gasteiger partial charge in [-0.05, 0) is 32.1 Å². The SMILES string of the molecule is C=C(C)CC1CCC1C(F)(F)F. The maximum atomic E-state index is 12.2. The Labute approximate surface area is 70.5 Å². The van der Waals surface area contributed by atoms with Crippen molar-refractivity contribution in [2.75, 3.05) is 0 Å². The van der Waals surface area contributed by atoms with Crippen molar-refractivity contribution in [2.45, 2.75) is 32.4 Å². The van der Waals surface area contributed by atoms with Gasteiger partial charge in [-0.2, -0.15) is 13.2 Å². The molecule has 0 radical (unpaired) electrons. The molecule has 1 saturated carbocycles. The van der Waals surface area contributed by atoms with Gasteiger partial charge in [-0.1, -0.05) is 5.57 Å². The van der Waals surface area contributed by atoms with E-state index in [0.29, 0.717) is 19.3 Å². The fourth-order valence-corrected chi connectivity index (χ4v) is 1.69. The summed E-state index contributed by atoms with van der Waals surface area (Å²) in [4.78, 5) is 0. The van der Waals surface area contributed by atoms with Crippen LogP contribution in [-0.2, 0) is 0 Å². The first-order valence-corrected chi connectivity index (χ1v) is 4.12. The first-order chi connectivity index (χ1) is 5.41. The number of alkyl halides is 3. The van der Waals surface area contributed by atoms with Crippen molar-refractivity contribution in [3.8, 4) is 0 Å². The first-order valence-electron chi connectivity index (χ1n) is 4.12. The molecule has 0 bridgehead atoms. The van der Waals surface area contributed by atoms with Crippen molar-refractivity contribution in [1.29, 1.82) is 0 Å². The Morgan fingerprint density at radius 2 is 2.00 bits per heavy atom. The Balaban J connectivity index is 2.44. The van der Waals surface area contributed by atoms with E-state index in [2.05, 4.69) is 6.58 Å². The smallest absolute Gasteiger partial charge is 0.171 e. The third-order valence-corrected chi connectivity index (χ3v) is 2.45. The molecule has 1 fully saturated rings. The standard InChI is InChI=1S/C9H13F3/c1-6(2)5-7-3-4-8(7)9(10,11)12/h7-8H,1,3-5H2,2H3. The van der Waals surface area contributed by atoms with Crippen molar-refractivity contribution in [3.63, 3.8) is 0 Å². The number of rotatable bonds is 2. The largest absolute Gasteiger partial charge is 0.392 e. The molecule has 0 heterocycles. The van der Waals surface area contributed by atoms with Crippen LogP contribution in [0.5, 0.6) is 0 Å². The van der Waals surface area contributed by atoms with E-state index in [1.54, 1.807) is 6.92 Å². The van der Waals surface area contributed by atoms with Gasteiger partial charge in [0.1, 0.15) is 0 Å². The Morgan fingerprint density at radius 3 is 2.25 bits per heavy atom. The molecule has 12 heavy (non-hydrogen) atoms. The van der Waals surface area contributed by atoms with Gasteiger partial charge in [-0.15, -0.1) is 6.58 Å². The molecule has 2 unspecified atom stereocenters. The lowest BCUT2D eigenvalue weighted by atomic mass is 9.70. The molecule has 1 aliphatic rings. The molecule has 0 aromatic heterocycles. The van der Waals surface area contributed by atoms with Crippen LogP contribution in [0.15, 0.2) is 12.2 Å². The van der Waals surface area contributed by atoms with Crippen LogP contribution >= 0.6 is 0 Å². The van der Waals surface area contributed by atoms with Gasteiger partial charge < -0.3 is 0 Å². The van der Waals surface area contributed by atoms with Crippen LogP contribution in [0, 0.1) is 11.8 Å². The lowest BCUT2D eigenvalue weighted by molar-refractivity contribution is -0.212. The summed E-state index contributed by atoms with van der Waals surface area (Å²) in [5.41, 5.74) is 0.856. The summed E-state index contributed by atoms with van der Waals surface area (Å²) >= 11 is 0. The maximum absolute atomic E-state index is 12.2. The summed E-state index contributed by atoms with van der Waals surface area (Å²) in [7, 11) is 0. The van der Waals surface area contributed by atoms with E-state index >= 15 is 0 Å². The van der Waals surface area contributed by atoms with Crippen molar-refractivity contribution < 1.29 is 13.2 Å². The van der Waals surface area contributed by atoms with Crippen molar-refractivity contribution in [3.05, 3.63) is 12.2 Å². The Kier molecular flexibility index (Phi) is 2.49. The van der Waals surface area contributed by atoms with Gasteiger partial charge in [-0.25, -0.2) is 0 Å². The van der Waals surface area contributed by atoms with E-state index in [-0.39, 0.29) is 5.92 Å². The molecule has 70 valence electrons. The summed E-state index contributed by atoms with van der Waals surface area (Å²) in [6.07, 6.45) is -2.44. The molecular formula is C9H13F3. The Bertz CT molecular complexity index is 181. The van der Waals surface area contributed by atoms with Crippen LogP contribution in [0.1, 0.15) is 26.2 Å². The Hall–Kier alpha value is -0.470. The van der Waals surface area contributed by atoms with Gasteiger partial charge in [0, 0.05) is 0 Å². The molecule has 0 nitrogen and oxygen atoms in total. The minimum atomic E-state index is -3.99. The van der Waals surface area contributed by atoms with E-state index in [9.17, 15) is 13.2 Å². The van der Waals surface area contributed by atoms with Gasteiger partial charge in [-0.3, -0.25) is 0 Å². The lowest BCUT2D eigenvalue weighted by Crippen LogP contribution is -2.38. The molecule has 2 atom stereocenters. The second kappa shape index (κ2) is 3.11. The monoisotopic (exact) mass is 178 g/mol. The quantitative estimate of drug-likeness (QED) is 0.567. The Morgan fingerprint density at radius 1 is 1.42 bits per heavy atom. The molecule has 1 rings (SSSR count). The van der Waals surface area contributed by atoms with Gasteiger partial charge >= 0.3 is 6.18 Å². The molecule has 0 aliphatic heterocycles. The molecular weight excluding hydrogens is 165 g/mol. The highest BCUT2D eigenvalue weighted by atomic mass is 19.4. The predicted octanol–water partition coefficient (Wildman–Crippen LogP) is 3.54. The topological polar surface area (TPSA) is 0 Å². The predicted molar refractivity (Wildman–Crippen MR) is 41.7 cm³/mol. The second-order valence-corrected chi connectivity index (χ2v) is 3.65. The highest BCUT2D eigenvalue weighted by Gasteiger charge is 2.49. The summed E-state index contributed by atoms with van der Waals surface area (Å²) in [6.45, 7) is 5.41. The van der Waals surface area contributed by atoms with Gasteiger partial charge in [0.25, 0.3) is 0 Å². The highest BCUT2D eigenvalue weighted by Crippen LogP contribution is 2.47. The molecule has 3 heteroatoms. The average Bonchev–Trinajstić information content (AvgIpc) is 1.75. The zero-order valence-corrected chi connectivity index (χ0v) is 7.12. The third kappa shape index (κ3) is 2.02. The van der Waals surface area contributed by atoms with Crippen LogP contribution < -0.4 is 0 Å². The first kappa shape index (κ1) is 9.62. The molecule has 0 saturated heterocycles.